The second-order valence-electron chi connectivity index (χ2n) is 5.06. The Kier molecular flexibility index (Phi) is 7.27. The smallest absolute Gasteiger partial charge is 0.249 e. The monoisotopic (exact) mass is 329 g/mol. The maximum Gasteiger partial charge on any atom is 0.249 e. The number of nitrogens with one attached hydrogen (secondary N) is 2. The Bertz CT molecular complexity index is 527. The van der Waals surface area contributed by atoms with Gasteiger partial charge in [0.1, 0.15) is 11.9 Å². The van der Waals surface area contributed by atoms with Crippen molar-refractivity contribution in [3.05, 3.63) is 30.1 Å². The summed E-state index contributed by atoms with van der Waals surface area (Å²) >= 11 is 0. The van der Waals surface area contributed by atoms with E-state index < -0.39 is 11.9 Å². The van der Waals surface area contributed by atoms with E-state index in [0.717, 1.165) is 13.0 Å². The van der Waals surface area contributed by atoms with E-state index in [9.17, 15) is 14.0 Å². The van der Waals surface area contributed by atoms with E-state index in [4.69, 9.17) is 0 Å². The Hall–Kier alpha value is -1.66. The Morgan fingerprint density at radius 2 is 2.14 bits per heavy atom. The van der Waals surface area contributed by atoms with Gasteiger partial charge in [-0.1, -0.05) is 12.1 Å². The largest absolute Gasteiger partial charge is 0.344 e. The molecule has 0 aliphatic carbocycles. The highest BCUT2D eigenvalue weighted by atomic mass is 35.5. The molecule has 2 amide bonds. The van der Waals surface area contributed by atoms with Crippen LogP contribution in [0.1, 0.15) is 19.3 Å². The van der Waals surface area contributed by atoms with E-state index in [1.807, 2.05) is 7.05 Å². The number of benzene rings is 1. The van der Waals surface area contributed by atoms with Gasteiger partial charge in [-0.05, 0) is 38.6 Å². The normalized spacial score (nSPS) is 17.3. The quantitative estimate of drug-likeness (QED) is 0.777. The third-order valence-corrected chi connectivity index (χ3v) is 3.51. The lowest BCUT2D eigenvalue weighted by atomic mass is 10.2. The zero-order chi connectivity index (χ0) is 15.2. The number of carbonyl (C=O) groups excluding carboxylic acids is 2. The van der Waals surface area contributed by atoms with Crippen LogP contribution < -0.4 is 15.5 Å². The first-order valence-electron chi connectivity index (χ1n) is 7.13. The molecule has 1 fully saturated rings. The summed E-state index contributed by atoms with van der Waals surface area (Å²) in [7, 11) is 1.82. The van der Waals surface area contributed by atoms with Crippen LogP contribution in [0.15, 0.2) is 24.3 Å². The average Bonchev–Trinajstić information content (AvgIpc) is 2.81. The predicted octanol–water partition coefficient (Wildman–Crippen LogP) is 1.47. The summed E-state index contributed by atoms with van der Waals surface area (Å²) in [4.78, 5) is 25.4. The van der Waals surface area contributed by atoms with Crippen molar-refractivity contribution < 1.29 is 14.0 Å². The third kappa shape index (κ3) is 4.42. The number of nitrogens with zero attached hydrogens (tertiary/aromatic N) is 1. The minimum absolute atomic E-state index is 0. The molecule has 1 unspecified atom stereocenters. The molecular formula is C15H21ClFN3O2. The second-order valence-corrected chi connectivity index (χ2v) is 5.06. The van der Waals surface area contributed by atoms with Crippen molar-refractivity contribution in [2.24, 2.45) is 0 Å². The van der Waals surface area contributed by atoms with Crippen LogP contribution in [-0.4, -0.2) is 38.0 Å². The Morgan fingerprint density at radius 1 is 1.41 bits per heavy atom. The van der Waals surface area contributed by atoms with Gasteiger partial charge in [-0.15, -0.1) is 12.4 Å². The fourth-order valence-electron chi connectivity index (χ4n) is 2.42. The molecule has 5 nitrogen and oxygen atoms in total. The van der Waals surface area contributed by atoms with Crippen LogP contribution in [0.25, 0.3) is 0 Å². The van der Waals surface area contributed by atoms with Gasteiger partial charge in [0.05, 0.1) is 5.69 Å². The van der Waals surface area contributed by atoms with Crippen LogP contribution >= 0.6 is 12.4 Å². The molecule has 1 aliphatic rings. The number of para-hydroxylation sites is 1. The molecule has 1 heterocycles. The van der Waals surface area contributed by atoms with Crippen molar-refractivity contribution in [1.82, 2.24) is 10.6 Å². The molecule has 1 aromatic rings. The van der Waals surface area contributed by atoms with Crippen molar-refractivity contribution in [2.45, 2.75) is 25.3 Å². The number of hydrogen-bond donors (Lipinski definition) is 2. The first-order valence-corrected chi connectivity index (χ1v) is 7.13. The molecule has 1 aromatic carbocycles. The Morgan fingerprint density at radius 3 is 2.82 bits per heavy atom. The molecular weight excluding hydrogens is 309 g/mol. The topological polar surface area (TPSA) is 61.4 Å². The molecule has 1 saturated heterocycles. The van der Waals surface area contributed by atoms with Gasteiger partial charge >= 0.3 is 0 Å². The van der Waals surface area contributed by atoms with Crippen LogP contribution in [0.4, 0.5) is 10.1 Å². The minimum Gasteiger partial charge on any atom is -0.344 e. The summed E-state index contributed by atoms with van der Waals surface area (Å²) < 4.78 is 13.7. The lowest BCUT2D eigenvalue weighted by Crippen LogP contribution is -2.41. The highest BCUT2D eigenvalue weighted by Crippen LogP contribution is 2.24. The van der Waals surface area contributed by atoms with E-state index in [1.54, 1.807) is 18.2 Å². The third-order valence-electron chi connectivity index (χ3n) is 3.51. The number of halogens is 2. The number of carbonyl (C=O) groups is 2. The molecule has 0 radical (unpaired) electrons. The molecule has 0 bridgehead atoms. The van der Waals surface area contributed by atoms with Gasteiger partial charge in [0.2, 0.25) is 11.8 Å². The second kappa shape index (κ2) is 8.70. The molecule has 2 rings (SSSR count). The molecule has 22 heavy (non-hydrogen) atoms. The van der Waals surface area contributed by atoms with Gasteiger partial charge < -0.3 is 15.5 Å². The summed E-state index contributed by atoms with van der Waals surface area (Å²) in [6.07, 6.45) is 1.61. The number of rotatable bonds is 6. The molecule has 0 saturated carbocycles. The SMILES string of the molecule is CNCCCC(=O)NC1CCN(c2ccccc2F)C1=O.Cl. The van der Waals surface area contributed by atoms with Crippen molar-refractivity contribution in [3.8, 4) is 0 Å². The molecule has 7 heteroatoms. The fourth-order valence-corrected chi connectivity index (χ4v) is 2.42. The fraction of sp³-hybridized carbons (Fsp3) is 0.467. The highest BCUT2D eigenvalue weighted by molar-refractivity contribution is 6.01. The number of hydrogen-bond acceptors (Lipinski definition) is 3. The summed E-state index contributed by atoms with van der Waals surface area (Å²) in [6.45, 7) is 1.18. The molecule has 122 valence electrons. The van der Waals surface area contributed by atoms with Gasteiger partial charge in [-0.3, -0.25) is 9.59 Å². The lowest BCUT2D eigenvalue weighted by molar-refractivity contribution is -0.126. The maximum atomic E-state index is 13.7. The van der Waals surface area contributed by atoms with Crippen LogP contribution in [0.5, 0.6) is 0 Å². The maximum absolute atomic E-state index is 13.7. The minimum atomic E-state index is -0.549. The van der Waals surface area contributed by atoms with Crippen LogP contribution in [0, 0.1) is 5.82 Å². The summed E-state index contributed by atoms with van der Waals surface area (Å²) in [5.41, 5.74) is 0.273. The van der Waals surface area contributed by atoms with E-state index in [0.29, 0.717) is 19.4 Å². The summed E-state index contributed by atoms with van der Waals surface area (Å²) in [5, 5.41) is 5.69. The van der Waals surface area contributed by atoms with Crippen molar-refractivity contribution in [1.29, 1.82) is 0 Å². The Balaban J connectivity index is 0.00000242. The van der Waals surface area contributed by atoms with E-state index in [2.05, 4.69) is 10.6 Å². The first kappa shape index (κ1) is 18.4. The molecule has 2 N–H and O–H groups in total. The number of amides is 2. The zero-order valence-corrected chi connectivity index (χ0v) is 13.3. The van der Waals surface area contributed by atoms with Crippen molar-refractivity contribution >= 4 is 29.9 Å². The van der Waals surface area contributed by atoms with E-state index in [-0.39, 0.29) is 29.9 Å². The molecule has 0 aromatic heterocycles. The zero-order valence-electron chi connectivity index (χ0n) is 12.5. The highest BCUT2D eigenvalue weighted by Gasteiger charge is 2.34. The number of anilines is 1. The van der Waals surface area contributed by atoms with Crippen molar-refractivity contribution in [2.75, 3.05) is 25.0 Å². The molecule has 1 atom stereocenters. The van der Waals surface area contributed by atoms with Crippen molar-refractivity contribution in [3.63, 3.8) is 0 Å². The van der Waals surface area contributed by atoms with Gasteiger partial charge in [0.15, 0.2) is 0 Å². The molecule has 1 aliphatic heterocycles. The molecule has 0 spiro atoms. The average molecular weight is 330 g/mol. The van der Waals surface area contributed by atoms with E-state index in [1.165, 1.54) is 11.0 Å². The first-order chi connectivity index (χ1) is 10.1. The lowest BCUT2D eigenvalue weighted by Gasteiger charge is -2.17. The van der Waals surface area contributed by atoms with Gasteiger partial charge in [0.25, 0.3) is 0 Å². The van der Waals surface area contributed by atoms with Gasteiger partial charge in [-0.2, -0.15) is 0 Å². The van der Waals surface area contributed by atoms with Gasteiger partial charge in [0, 0.05) is 13.0 Å². The van der Waals surface area contributed by atoms with Gasteiger partial charge in [-0.25, -0.2) is 4.39 Å². The summed E-state index contributed by atoms with van der Waals surface area (Å²) in [5.74, 6) is -0.812. The Labute approximate surface area is 135 Å². The van der Waals surface area contributed by atoms with Crippen LogP contribution in [0.2, 0.25) is 0 Å². The predicted molar refractivity (Wildman–Crippen MR) is 85.7 cm³/mol. The standard InChI is InChI=1S/C15H20FN3O2.ClH/c1-17-9-4-7-14(20)18-12-8-10-19(15(12)21)13-6-3-2-5-11(13)16;/h2-3,5-6,12,17H,4,7-10H2,1H3,(H,18,20);1H. The summed E-state index contributed by atoms with van der Waals surface area (Å²) in [6, 6.07) is 5.62. The van der Waals surface area contributed by atoms with Crippen LogP contribution in [-0.2, 0) is 9.59 Å². The van der Waals surface area contributed by atoms with E-state index >= 15 is 0 Å². The van der Waals surface area contributed by atoms with Crippen LogP contribution in [0.3, 0.4) is 0 Å².